The maximum Gasteiger partial charge on any atom is 0.320 e. The molecule has 1 aliphatic heterocycles. The fraction of sp³-hybridized carbons (Fsp3) is 0.192. The van der Waals surface area contributed by atoms with Crippen molar-refractivity contribution in [2.45, 2.75) is 18.9 Å². The van der Waals surface area contributed by atoms with E-state index in [4.69, 9.17) is 17.0 Å². The zero-order chi connectivity index (χ0) is 24.8. The van der Waals surface area contributed by atoms with Crippen molar-refractivity contribution in [3.63, 3.8) is 0 Å². The summed E-state index contributed by atoms with van der Waals surface area (Å²) in [5.41, 5.74) is 2.54. The summed E-state index contributed by atoms with van der Waals surface area (Å²) in [6.07, 6.45) is 2.21. The van der Waals surface area contributed by atoms with Crippen molar-refractivity contribution in [2.24, 2.45) is 0 Å². The van der Waals surface area contributed by atoms with Gasteiger partial charge in [0.1, 0.15) is 11.9 Å². The molecule has 1 atom stereocenters. The number of amidine groups is 1. The summed E-state index contributed by atoms with van der Waals surface area (Å²) < 4.78 is 0.696. The first kappa shape index (κ1) is 24.8. The molecule has 3 amide bonds. The highest BCUT2D eigenvalue weighted by Crippen LogP contribution is 2.25. The molecule has 0 spiro atoms. The number of carbonyl (C=O) groups is 2. The lowest BCUT2D eigenvalue weighted by molar-refractivity contribution is -0.118. The van der Waals surface area contributed by atoms with Crippen LogP contribution in [0.25, 0.3) is 0 Å². The third kappa shape index (κ3) is 6.41. The summed E-state index contributed by atoms with van der Waals surface area (Å²) in [4.78, 5) is 28.1. The predicted molar refractivity (Wildman–Crippen MR) is 143 cm³/mol. The first-order valence-corrected chi connectivity index (χ1v) is 12.4. The van der Waals surface area contributed by atoms with Gasteiger partial charge in [-0.3, -0.25) is 10.2 Å². The van der Waals surface area contributed by atoms with Crippen LogP contribution in [-0.2, 0) is 4.79 Å². The Hall–Kier alpha value is -3.36. The average Bonchev–Trinajstić information content (AvgIpc) is 3.40. The average molecular weight is 555 g/mol. The van der Waals surface area contributed by atoms with E-state index in [0.29, 0.717) is 32.3 Å². The Morgan fingerprint density at radius 1 is 0.886 bits per heavy atom. The van der Waals surface area contributed by atoms with Crippen LogP contribution in [-0.4, -0.2) is 35.8 Å². The van der Waals surface area contributed by atoms with E-state index >= 15 is 0 Å². The molecule has 0 bridgehead atoms. The van der Waals surface area contributed by atoms with Gasteiger partial charge >= 0.3 is 6.03 Å². The number of likely N-dealkylation sites (tertiary alicyclic amines) is 1. The molecule has 1 fully saturated rings. The van der Waals surface area contributed by atoms with Crippen LogP contribution >= 0.6 is 27.5 Å². The van der Waals surface area contributed by atoms with Gasteiger partial charge in [-0.25, -0.2) is 4.79 Å². The summed E-state index contributed by atoms with van der Waals surface area (Å²) in [7, 11) is 0. The van der Waals surface area contributed by atoms with Crippen LogP contribution in [0.4, 0.5) is 16.2 Å². The molecule has 1 unspecified atom stereocenters. The highest BCUT2D eigenvalue weighted by Gasteiger charge is 2.25. The summed E-state index contributed by atoms with van der Waals surface area (Å²) in [6, 6.07) is 19.6. The topological polar surface area (TPSA) is 97.3 Å². The lowest BCUT2D eigenvalue weighted by atomic mass is 10.1. The lowest BCUT2D eigenvalue weighted by Crippen LogP contribution is -2.39. The van der Waals surface area contributed by atoms with Crippen LogP contribution in [0, 0.1) is 5.41 Å². The van der Waals surface area contributed by atoms with Gasteiger partial charge < -0.3 is 20.9 Å². The molecule has 35 heavy (non-hydrogen) atoms. The normalized spacial score (nSPS) is 13.7. The number of urea groups is 1. The summed E-state index contributed by atoms with van der Waals surface area (Å²) >= 11 is 9.39. The molecule has 7 nitrogen and oxygen atoms in total. The first-order valence-electron chi connectivity index (χ1n) is 11.2. The molecule has 3 aromatic carbocycles. The second-order valence-corrected chi connectivity index (χ2v) is 9.46. The number of anilines is 2. The summed E-state index contributed by atoms with van der Waals surface area (Å²) in [5, 5.41) is 17.3. The number of nitrogens with one attached hydrogen (secondary N) is 4. The third-order valence-electron chi connectivity index (χ3n) is 5.70. The van der Waals surface area contributed by atoms with Crippen LogP contribution in [0.1, 0.15) is 30.0 Å². The molecule has 4 N–H and O–H groups in total. The maximum atomic E-state index is 13.3. The van der Waals surface area contributed by atoms with Crippen molar-refractivity contribution in [3.05, 3.63) is 93.4 Å². The van der Waals surface area contributed by atoms with E-state index in [9.17, 15) is 9.59 Å². The van der Waals surface area contributed by atoms with Crippen molar-refractivity contribution in [3.8, 4) is 0 Å². The number of carbonyl (C=O) groups excluding carboxylic acids is 2. The summed E-state index contributed by atoms with van der Waals surface area (Å²) in [6.45, 7) is 1.80. The highest BCUT2D eigenvalue weighted by molar-refractivity contribution is 9.10. The number of hydrogen-bond donors (Lipinski definition) is 4. The Morgan fingerprint density at radius 2 is 1.49 bits per heavy atom. The fourth-order valence-electron chi connectivity index (χ4n) is 3.87. The van der Waals surface area contributed by atoms with Gasteiger partial charge in [-0.2, -0.15) is 0 Å². The third-order valence-corrected chi connectivity index (χ3v) is 6.68. The maximum absolute atomic E-state index is 13.3. The number of halogens is 2. The second kappa shape index (κ2) is 11.4. The Bertz CT molecular complexity index is 1210. The van der Waals surface area contributed by atoms with Crippen molar-refractivity contribution >= 4 is 56.7 Å². The molecule has 180 valence electrons. The van der Waals surface area contributed by atoms with Crippen molar-refractivity contribution in [1.29, 1.82) is 5.41 Å². The molecule has 1 saturated heterocycles. The van der Waals surface area contributed by atoms with Crippen LogP contribution < -0.4 is 16.0 Å². The van der Waals surface area contributed by atoms with Crippen molar-refractivity contribution < 1.29 is 9.59 Å². The number of rotatable bonds is 6. The molecular formula is C26H25BrClN5O2. The van der Waals surface area contributed by atoms with Gasteiger partial charge in [0.2, 0.25) is 0 Å². The highest BCUT2D eigenvalue weighted by atomic mass is 79.9. The minimum atomic E-state index is -0.958. The van der Waals surface area contributed by atoms with E-state index in [0.717, 1.165) is 31.5 Å². The Balaban J connectivity index is 1.48. The number of nitrogens with zero attached hydrogens (tertiary/aromatic N) is 1. The molecule has 1 heterocycles. The molecule has 0 radical (unpaired) electrons. The number of benzene rings is 3. The minimum Gasteiger partial charge on any atom is -0.357 e. The summed E-state index contributed by atoms with van der Waals surface area (Å²) in [5.74, 6) is 0.0949. The first-order chi connectivity index (χ1) is 16.9. The SMILES string of the molecule is N=C(c1ccc(NC(=O)C(NC(=O)Nc2ccc(Cl)cc2)c2ccccc2Br)cc1)N1CCCC1. The lowest BCUT2D eigenvalue weighted by Gasteiger charge is -2.21. The zero-order valence-corrected chi connectivity index (χ0v) is 21.2. The number of hydrogen-bond acceptors (Lipinski definition) is 3. The van der Waals surface area contributed by atoms with E-state index in [1.165, 1.54) is 0 Å². The van der Waals surface area contributed by atoms with E-state index in [1.807, 2.05) is 24.3 Å². The fourth-order valence-corrected chi connectivity index (χ4v) is 4.51. The number of amides is 3. The van der Waals surface area contributed by atoms with Gasteiger partial charge in [-0.15, -0.1) is 0 Å². The van der Waals surface area contributed by atoms with E-state index in [-0.39, 0.29) is 0 Å². The van der Waals surface area contributed by atoms with Gasteiger partial charge in [-0.05, 0) is 73.0 Å². The Morgan fingerprint density at radius 3 is 2.14 bits per heavy atom. The molecule has 9 heteroatoms. The quantitative estimate of drug-likeness (QED) is 0.221. The second-order valence-electron chi connectivity index (χ2n) is 8.17. The molecule has 3 aromatic rings. The van der Waals surface area contributed by atoms with Crippen LogP contribution in [0.15, 0.2) is 77.3 Å². The largest absolute Gasteiger partial charge is 0.357 e. The van der Waals surface area contributed by atoms with Gasteiger partial charge in [0.15, 0.2) is 0 Å². The van der Waals surface area contributed by atoms with E-state index in [1.54, 1.807) is 48.5 Å². The standard InChI is InChI=1S/C26H25BrClN5O2/c27-22-6-2-1-5-21(22)23(32-26(35)31-20-13-9-18(28)10-14-20)25(34)30-19-11-7-17(8-12-19)24(29)33-15-3-4-16-33/h1-2,5-14,23,29H,3-4,15-16H2,(H,30,34)(H2,31,32,35). The minimum absolute atomic E-state index is 0.398. The molecule has 4 rings (SSSR count). The zero-order valence-electron chi connectivity index (χ0n) is 18.9. The molecule has 1 aliphatic rings. The Kier molecular flexibility index (Phi) is 8.05. The smallest absolute Gasteiger partial charge is 0.320 e. The van der Waals surface area contributed by atoms with E-state index < -0.39 is 18.0 Å². The Labute approximate surface area is 217 Å². The van der Waals surface area contributed by atoms with Crippen molar-refractivity contribution in [2.75, 3.05) is 23.7 Å². The van der Waals surface area contributed by atoms with Crippen LogP contribution in [0.5, 0.6) is 0 Å². The van der Waals surface area contributed by atoms with Crippen LogP contribution in [0.2, 0.25) is 5.02 Å². The molecular weight excluding hydrogens is 530 g/mol. The molecule has 0 aromatic heterocycles. The van der Waals surface area contributed by atoms with E-state index in [2.05, 4.69) is 36.8 Å². The predicted octanol–water partition coefficient (Wildman–Crippen LogP) is 6.03. The molecule has 0 aliphatic carbocycles. The van der Waals surface area contributed by atoms with Gasteiger partial charge in [0, 0.05) is 39.5 Å². The molecule has 0 saturated carbocycles. The van der Waals surface area contributed by atoms with Gasteiger partial charge in [0.25, 0.3) is 5.91 Å². The van der Waals surface area contributed by atoms with Crippen molar-refractivity contribution in [1.82, 2.24) is 10.2 Å². The van der Waals surface area contributed by atoms with Gasteiger partial charge in [-0.1, -0.05) is 45.7 Å². The monoisotopic (exact) mass is 553 g/mol. The van der Waals surface area contributed by atoms with Crippen LogP contribution in [0.3, 0.4) is 0 Å². The van der Waals surface area contributed by atoms with Gasteiger partial charge in [0.05, 0.1) is 0 Å².